The van der Waals surface area contributed by atoms with Crippen molar-refractivity contribution >= 4 is 27.8 Å². The van der Waals surface area contributed by atoms with Gasteiger partial charge in [0, 0.05) is 18.1 Å². The molecule has 1 aliphatic heterocycles. The number of carbonyl (C=O) groups is 3. The van der Waals surface area contributed by atoms with Gasteiger partial charge in [0.1, 0.15) is 12.3 Å². The van der Waals surface area contributed by atoms with Crippen molar-refractivity contribution in [1.82, 2.24) is 15.6 Å². The van der Waals surface area contributed by atoms with E-state index in [2.05, 4.69) is 15.6 Å². The Morgan fingerprint density at radius 2 is 1.68 bits per heavy atom. The number of fused-ring (bicyclic) bond motifs is 1. The highest BCUT2D eigenvalue weighted by Crippen LogP contribution is 2.31. The molecule has 0 aliphatic carbocycles. The highest BCUT2D eigenvalue weighted by atomic mass is 32.2. The molecule has 0 saturated heterocycles. The molecule has 12 nitrogen and oxygen atoms in total. The lowest BCUT2D eigenvalue weighted by molar-refractivity contribution is -0.147. The third-order valence-corrected chi connectivity index (χ3v) is 5.87. The summed E-state index contributed by atoms with van der Waals surface area (Å²) in [7, 11) is -2.56. The van der Waals surface area contributed by atoms with Crippen molar-refractivity contribution in [3.8, 4) is 17.2 Å². The molecule has 0 aromatic heterocycles. The summed E-state index contributed by atoms with van der Waals surface area (Å²) >= 11 is 0. The van der Waals surface area contributed by atoms with Crippen molar-refractivity contribution in [3.63, 3.8) is 0 Å². The standard InChI is InChI=1S/C21H23N3O9S/c1-30-15-5-3-14(4-6-15)21(27)24-23-19(25)13-33-20(26)12-22-34(28,29)16-7-8-17-18(11-16)32-10-2-9-31-17/h3-8,11,22H,2,9-10,12-13H2,1H3,(H,23,25)(H,24,27). The van der Waals surface area contributed by atoms with Crippen LogP contribution in [0.5, 0.6) is 17.2 Å². The minimum atomic E-state index is -4.05. The third kappa shape index (κ3) is 6.83. The van der Waals surface area contributed by atoms with Crippen molar-refractivity contribution in [2.75, 3.05) is 33.5 Å². The van der Waals surface area contributed by atoms with Gasteiger partial charge in [0.15, 0.2) is 18.1 Å². The lowest BCUT2D eigenvalue weighted by atomic mass is 10.2. The van der Waals surface area contributed by atoms with Gasteiger partial charge in [0.2, 0.25) is 10.0 Å². The van der Waals surface area contributed by atoms with E-state index in [9.17, 15) is 22.8 Å². The van der Waals surface area contributed by atoms with Crippen LogP contribution in [0.4, 0.5) is 0 Å². The fraction of sp³-hybridized carbons (Fsp3) is 0.286. The number of nitrogens with one attached hydrogen (secondary N) is 3. The van der Waals surface area contributed by atoms with E-state index in [1.54, 1.807) is 12.1 Å². The zero-order chi connectivity index (χ0) is 24.6. The lowest BCUT2D eigenvalue weighted by Gasteiger charge is -2.11. The maximum atomic E-state index is 12.4. The van der Waals surface area contributed by atoms with E-state index < -0.39 is 41.0 Å². The predicted octanol–water partition coefficient (Wildman–Crippen LogP) is 0.139. The summed E-state index contributed by atoms with van der Waals surface area (Å²) in [6.45, 7) is -0.587. The summed E-state index contributed by atoms with van der Waals surface area (Å²) < 4.78 is 47.6. The van der Waals surface area contributed by atoms with E-state index in [-0.39, 0.29) is 16.2 Å². The quantitative estimate of drug-likeness (QED) is 0.343. The molecule has 0 bridgehead atoms. The van der Waals surface area contributed by atoms with E-state index in [1.807, 2.05) is 0 Å². The van der Waals surface area contributed by atoms with Gasteiger partial charge in [-0.2, -0.15) is 4.72 Å². The molecule has 3 N–H and O–H groups in total. The molecule has 3 rings (SSSR count). The molecule has 0 atom stereocenters. The van der Waals surface area contributed by atoms with E-state index in [0.29, 0.717) is 31.1 Å². The molecule has 34 heavy (non-hydrogen) atoms. The van der Waals surface area contributed by atoms with Gasteiger partial charge in [-0.1, -0.05) is 0 Å². The first-order chi connectivity index (χ1) is 16.3. The van der Waals surface area contributed by atoms with E-state index in [0.717, 1.165) is 0 Å². The van der Waals surface area contributed by atoms with Crippen LogP contribution < -0.4 is 29.8 Å². The van der Waals surface area contributed by atoms with Gasteiger partial charge < -0.3 is 18.9 Å². The fourth-order valence-corrected chi connectivity index (χ4v) is 3.71. The first-order valence-electron chi connectivity index (χ1n) is 10.1. The van der Waals surface area contributed by atoms with Crippen LogP contribution in [0, 0.1) is 0 Å². The van der Waals surface area contributed by atoms with Crippen LogP contribution in [0.1, 0.15) is 16.8 Å². The molecule has 1 aliphatic rings. The van der Waals surface area contributed by atoms with Crippen molar-refractivity contribution in [2.45, 2.75) is 11.3 Å². The fourth-order valence-electron chi connectivity index (χ4n) is 2.72. The van der Waals surface area contributed by atoms with Crippen LogP contribution in [0.25, 0.3) is 0 Å². The molecule has 0 fully saturated rings. The minimum absolute atomic E-state index is 0.122. The zero-order valence-corrected chi connectivity index (χ0v) is 19.0. The molecular formula is C21H23N3O9S. The summed E-state index contributed by atoms with van der Waals surface area (Å²) in [6, 6.07) is 10.2. The minimum Gasteiger partial charge on any atom is -0.497 e. The zero-order valence-electron chi connectivity index (χ0n) is 18.2. The van der Waals surface area contributed by atoms with Gasteiger partial charge in [0.25, 0.3) is 11.8 Å². The van der Waals surface area contributed by atoms with Crippen LogP contribution in [0.15, 0.2) is 47.4 Å². The number of carbonyl (C=O) groups excluding carboxylic acids is 3. The average molecular weight is 493 g/mol. The Morgan fingerprint density at radius 1 is 0.971 bits per heavy atom. The molecule has 2 aromatic rings. The van der Waals surface area contributed by atoms with Gasteiger partial charge >= 0.3 is 5.97 Å². The highest BCUT2D eigenvalue weighted by molar-refractivity contribution is 7.89. The maximum Gasteiger partial charge on any atom is 0.321 e. The van der Waals surface area contributed by atoms with Crippen LogP contribution in [-0.2, 0) is 24.3 Å². The number of rotatable bonds is 8. The summed E-state index contributed by atoms with van der Waals surface area (Å²) in [5.41, 5.74) is 4.51. The average Bonchev–Trinajstić information content (AvgIpc) is 3.10. The number of hydrogen-bond acceptors (Lipinski definition) is 9. The van der Waals surface area contributed by atoms with Crippen molar-refractivity contribution in [3.05, 3.63) is 48.0 Å². The Morgan fingerprint density at radius 3 is 2.38 bits per heavy atom. The second-order valence-corrected chi connectivity index (χ2v) is 8.64. The number of amides is 2. The van der Waals surface area contributed by atoms with Gasteiger partial charge in [-0.3, -0.25) is 25.2 Å². The summed E-state index contributed by atoms with van der Waals surface area (Å²) in [6.07, 6.45) is 0.666. The Balaban J connectivity index is 1.42. The monoisotopic (exact) mass is 493 g/mol. The number of methoxy groups -OCH3 is 1. The number of ether oxygens (including phenoxy) is 4. The number of esters is 1. The molecular weight excluding hydrogens is 470 g/mol. The van der Waals surface area contributed by atoms with E-state index in [4.69, 9.17) is 18.9 Å². The predicted molar refractivity (Wildman–Crippen MR) is 117 cm³/mol. The summed E-state index contributed by atoms with van der Waals surface area (Å²) in [5.74, 6) is -1.12. The molecule has 2 aromatic carbocycles. The molecule has 1 heterocycles. The number of benzene rings is 2. The molecule has 182 valence electrons. The Labute approximate surface area is 195 Å². The van der Waals surface area contributed by atoms with Crippen molar-refractivity contribution < 1.29 is 41.7 Å². The second kappa shape index (κ2) is 11.3. The number of sulfonamides is 1. The summed E-state index contributed by atoms with van der Waals surface area (Å²) in [5, 5.41) is 0. The second-order valence-electron chi connectivity index (χ2n) is 6.88. The Hall–Kier alpha value is -3.84. The molecule has 0 radical (unpaired) electrons. The molecule has 13 heteroatoms. The van der Waals surface area contributed by atoms with Gasteiger partial charge in [-0.15, -0.1) is 0 Å². The molecule has 2 amide bonds. The normalized spacial score (nSPS) is 12.7. The van der Waals surface area contributed by atoms with E-state index >= 15 is 0 Å². The smallest absolute Gasteiger partial charge is 0.321 e. The molecule has 0 saturated carbocycles. The number of hydrazine groups is 1. The molecule has 0 unspecified atom stereocenters. The van der Waals surface area contributed by atoms with Crippen LogP contribution in [0.2, 0.25) is 0 Å². The topological polar surface area (TPSA) is 158 Å². The van der Waals surface area contributed by atoms with Crippen LogP contribution in [-0.4, -0.2) is 59.7 Å². The first-order valence-corrected chi connectivity index (χ1v) is 11.5. The third-order valence-electron chi connectivity index (χ3n) is 4.47. The summed E-state index contributed by atoms with van der Waals surface area (Å²) in [4.78, 5) is 35.5. The lowest BCUT2D eigenvalue weighted by Crippen LogP contribution is -2.44. The van der Waals surface area contributed by atoms with Gasteiger partial charge in [0.05, 0.1) is 25.2 Å². The highest BCUT2D eigenvalue weighted by Gasteiger charge is 2.20. The van der Waals surface area contributed by atoms with Crippen LogP contribution in [0.3, 0.4) is 0 Å². The number of hydrogen-bond donors (Lipinski definition) is 3. The van der Waals surface area contributed by atoms with Crippen molar-refractivity contribution in [1.29, 1.82) is 0 Å². The largest absolute Gasteiger partial charge is 0.497 e. The molecule has 0 spiro atoms. The Bertz CT molecular complexity index is 1150. The maximum absolute atomic E-state index is 12.4. The van der Waals surface area contributed by atoms with Crippen molar-refractivity contribution in [2.24, 2.45) is 0 Å². The van der Waals surface area contributed by atoms with Gasteiger partial charge in [-0.25, -0.2) is 8.42 Å². The van der Waals surface area contributed by atoms with Gasteiger partial charge in [-0.05, 0) is 36.4 Å². The SMILES string of the molecule is COc1ccc(C(=O)NNC(=O)COC(=O)CNS(=O)(=O)c2ccc3c(c2)OCCCO3)cc1. The van der Waals surface area contributed by atoms with Crippen LogP contribution >= 0.6 is 0 Å². The Kier molecular flexibility index (Phi) is 8.27. The first kappa shape index (κ1) is 24.8. The van der Waals surface area contributed by atoms with E-state index in [1.165, 1.54) is 37.4 Å².